The van der Waals surface area contributed by atoms with Gasteiger partial charge < -0.3 is 30.5 Å². The third-order valence-corrected chi connectivity index (χ3v) is 9.09. The number of benzene rings is 1. The van der Waals surface area contributed by atoms with Gasteiger partial charge in [-0.05, 0) is 69.0 Å². The lowest BCUT2D eigenvalue weighted by Gasteiger charge is -2.46. The van der Waals surface area contributed by atoms with Crippen LogP contribution in [0.2, 0.25) is 0 Å². The first-order chi connectivity index (χ1) is 20.9. The number of piperazine rings is 1. The topological polar surface area (TPSA) is 102 Å². The van der Waals surface area contributed by atoms with E-state index in [1.165, 1.54) is 5.56 Å². The van der Waals surface area contributed by atoms with Crippen molar-refractivity contribution in [2.24, 2.45) is 0 Å². The van der Waals surface area contributed by atoms with Crippen LogP contribution >= 0.6 is 0 Å². The summed E-state index contributed by atoms with van der Waals surface area (Å²) < 4.78 is 6.30. The highest BCUT2D eigenvalue weighted by atomic mass is 16.5. The summed E-state index contributed by atoms with van der Waals surface area (Å²) in [5, 5.41) is 10.1. The van der Waals surface area contributed by atoms with Gasteiger partial charge in [-0.15, -0.1) is 0 Å². The molecular weight excluding hydrogens is 542 g/mol. The van der Waals surface area contributed by atoms with Crippen LogP contribution in [0.4, 0.5) is 10.5 Å². The van der Waals surface area contributed by atoms with Crippen LogP contribution in [0.15, 0.2) is 66.3 Å². The van der Waals surface area contributed by atoms with E-state index in [1.54, 1.807) is 12.4 Å². The van der Waals surface area contributed by atoms with E-state index in [-0.39, 0.29) is 24.0 Å². The number of nitrogens with one attached hydrogen (secondary N) is 3. The molecule has 0 aliphatic carbocycles. The molecule has 3 atom stereocenters. The van der Waals surface area contributed by atoms with Gasteiger partial charge in [0, 0.05) is 69.4 Å². The van der Waals surface area contributed by atoms with Crippen molar-refractivity contribution in [3.8, 4) is 0 Å². The number of pyridine rings is 1. The maximum absolute atomic E-state index is 14.0. The molecule has 10 nitrogen and oxygen atoms in total. The lowest BCUT2D eigenvalue weighted by atomic mass is 9.97. The van der Waals surface area contributed by atoms with Crippen LogP contribution in [0.1, 0.15) is 43.4 Å². The molecule has 2 fully saturated rings. The molecule has 43 heavy (non-hydrogen) atoms. The Kier molecular flexibility index (Phi) is 8.41. The Hall–Kier alpha value is -3.89. The highest BCUT2D eigenvalue weighted by Crippen LogP contribution is 2.35. The molecule has 0 bridgehead atoms. The fourth-order valence-electron chi connectivity index (χ4n) is 6.87. The average Bonchev–Trinajstić information content (AvgIpc) is 3.72. The van der Waals surface area contributed by atoms with Crippen LogP contribution in [-0.2, 0) is 21.7 Å². The molecule has 4 aliphatic heterocycles. The van der Waals surface area contributed by atoms with Crippen molar-refractivity contribution in [1.29, 1.82) is 0 Å². The second-order valence-corrected chi connectivity index (χ2v) is 11.8. The van der Waals surface area contributed by atoms with E-state index in [0.717, 1.165) is 54.9 Å². The maximum Gasteiger partial charge on any atom is 0.324 e. The van der Waals surface area contributed by atoms with Gasteiger partial charge in [0.15, 0.2) is 5.72 Å². The number of carbonyl (C=O) groups excluding carboxylic acids is 2. The molecule has 1 aromatic heterocycles. The maximum atomic E-state index is 14.0. The Morgan fingerprint density at radius 3 is 2.79 bits per heavy atom. The summed E-state index contributed by atoms with van der Waals surface area (Å²) in [6, 6.07) is 10.3. The quantitative estimate of drug-likeness (QED) is 0.459. The van der Waals surface area contributed by atoms with E-state index in [1.807, 2.05) is 41.0 Å². The van der Waals surface area contributed by atoms with Crippen LogP contribution in [0, 0.1) is 6.92 Å². The minimum Gasteiger partial charge on any atom is -0.363 e. The number of rotatable bonds is 7. The van der Waals surface area contributed by atoms with Crippen LogP contribution in [0.5, 0.6) is 0 Å². The Morgan fingerprint density at radius 2 is 2.05 bits per heavy atom. The van der Waals surface area contributed by atoms with E-state index in [9.17, 15) is 9.59 Å². The highest BCUT2D eigenvalue weighted by Gasteiger charge is 2.41. The van der Waals surface area contributed by atoms with E-state index in [0.29, 0.717) is 38.5 Å². The number of aromatic nitrogens is 1. The third kappa shape index (κ3) is 5.61. The number of anilines is 1. The van der Waals surface area contributed by atoms with Crippen molar-refractivity contribution in [2.75, 3.05) is 50.8 Å². The zero-order valence-electron chi connectivity index (χ0n) is 25.4. The molecule has 4 aliphatic rings. The molecule has 1 aromatic carbocycles. The van der Waals surface area contributed by atoms with Gasteiger partial charge in [0.25, 0.3) is 5.91 Å². The molecule has 2 saturated heterocycles. The summed E-state index contributed by atoms with van der Waals surface area (Å²) in [6.45, 7) is 10.7. The van der Waals surface area contributed by atoms with Crippen LogP contribution in [0.3, 0.4) is 0 Å². The first-order valence-electron chi connectivity index (χ1n) is 15.6. The molecule has 0 radical (unpaired) electrons. The summed E-state index contributed by atoms with van der Waals surface area (Å²) >= 11 is 0. The first-order valence-corrected chi connectivity index (χ1v) is 15.6. The number of hydrogen-bond donors (Lipinski definition) is 3. The van der Waals surface area contributed by atoms with Crippen molar-refractivity contribution in [3.05, 3.63) is 83.0 Å². The predicted octanol–water partition coefficient (Wildman–Crippen LogP) is 3.01. The van der Waals surface area contributed by atoms with Gasteiger partial charge >= 0.3 is 6.03 Å². The fourth-order valence-corrected chi connectivity index (χ4v) is 6.87. The van der Waals surface area contributed by atoms with E-state index in [2.05, 4.69) is 57.9 Å². The molecule has 3 amide bonds. The summed E-state index contributed by atoms with van der Waals surface area (Å²) in [7, 11) is 0. The van der Waals surface area contributed by atoms with Crippen molar-refractivity contribution >= 4 is 17.6 Å². The van der Waals surface area contributed by atoms with Crippen LogP contribution < -0.4 is 20.9 Å². The number of amides is 3. The number of allylic oxidation sites excluding steroid dienone is 1. The summed E-state index contributed by atoms with van der Waals surface area (Å²) in [5.74, 6) is -0.154. The predicted molar refractivity (Wildman–Crippen MR) is 166 cm³/mol. The van der Waals surface area contributed by atoms with Crippen molar-refractivity contribution in [2.45, 2.75) is 57.8 Å². The minimum absolute atomic E-state index is 0.0482. The number of aryl methyl sites for hydroxylation is 1. The Morgan fingerprint density at radius 1 is 1.16 bits per heavy atom. The smallest absolute Gasteiger partial charge is 0.324 e. The Labute approximate surface area is 254 Å². The number of nitrogens with zero attached hydrogens (tertiary/aromatic N) is 4. The molecular formula is C33H43N7O3. The second-order valence-electron chi connectivity index (χ2n) is 11.8. The molecule has 0 saturated carbocycles. The molecule has 0 spiro atoms. The lowest BCUT2D eigenvalue weighted by Crippen LogP contribution is -2.58. The molecule has 10 heteroatoms. The van der Waals surface area contributed by atoms with Crippen molar-refractivity contribution in [1.82, 2.24) is 30.7 Å². The van der Waals surface area contributed by atoms with Gasteiger partial charge in [-0.3, -0.25) is 14.7 Å². The van der Waals surface area contributed by atoms with Gasteiger partial charge in [-0.2, -0.15) is 0 Å². The van der Waals surface area contributed by atoms with Gasteiger partial charge in [-0.1, -0.05) is 31.2 Å². The number of ether oxygens (including phenoxy) is 1. The van der Waals surface area contributed by atoms with E-state index < -0.39 is 5.72 Å². The molecule has 2 aromatic rings. The van der Waals surface area contributed by atoms with Gasteiger partial charge in [0.2, 0.25) is 0 Å². The molecule has 6 rings (SSSR count). The summed E-state index contributed by atoms with van der Waals surface area (Å²) in [5.41, 5.74) is 4.54. The van der Waals surface area contributed by atoms with Crippen molar-refractivity contribution in [3.63, 3.8) is 0 Å². The molecule has 1 unspecified atom stereocenters. The monoisotopic (exact) mass is 585 g/mol. The summed E-state index contributed by atoms with van der Waals surface area (Å²) in [6.07, 6.45) is 10.1. The number of hydrogen-bond acceptors (Lipinski definition) is 7. The molecule has 3 N–H and O–H groups in total. The number of para-hydroxylation sites is 1. The molecule has 228 valence electrons. The SMILES string of the molecule is CCOC1(c2cccnc2)C=CC(N2CCN(C(=O)N3CCc4cccc(C)c43)C[C@H]2CC)=C(C(=O)N[C@@H]2CCNC2)N1. The van der Waals surface area contributed by atoms with E-state index >= 15 is 0 Å². The zero-order valence-corrected chi connectivity index (χ0v) is 25.4. The highest BCUT2D eigenvalue weighted by molar-refractivity contribution is 5.96. The van der Waals surface area contributed by atoms with Crippen LogP contribution in [0.25, 0.3) is 0 Å². The molecule has 5 heterocycles. The normalized spacial score (nSPS) is 25.1. The lowest BCUT2D eigenvalue weighted by molar-refractivity contribution is -0.120. The first kappa shape index (κ1) is 29.2. The second kappa shape index (κ2) is 12.4. The van der Waals surface area contributed by atoms with Gasteiger partial charge in [0.1, 0.15) is 5.70 Å². The number of dihydropyridines is 1. The standard InChI is InChI=1S/C33H43N7O3/c1-4-27-22-38(32(42)40-17-13-24-9-6-8-23(3)30(24)40)18-19-39(27)28-11-14-33(43-5-2,25-10-7-15-34-20-25)37-29(28)31(41)36-26-12-16-35-21-26/h6-11,14-15,20,26-27,35,37H,4-5,12-13,16-19,21-22H2,1-3H3,(H,36,41)/t26-,27-,33?/m1/s1. The van der Waals surface area contributed by atoms with Crippen molar-refractivity contribution < 1.29 is 14.3 Å². The Bertz CT molecular complexity index is 1400. The number of fused-ring (bicyclic) bond motifs is 1. The number of carbonyl (C=O) groups is 2. The average molecular weight is 586 g/mol. The van der Waals surface area contributed by atoms with E-state index in [4.69, 9.17) is 4.74 Å². The zero-order chi connectivity index (χ0) is 30.0. The minimum atomic E-state index is -1.02. The van der Waals surface area contributed by atoms with Gasteiger partial charge in [0.05, 0.1) is 11.4 Å². The fraction of sp³-hybridized carbons (Fsp3) is 0.485. The van der Waals surface area contributed by atoms with Gasteiger partial charge in [-0.25, -0.2) is 4.79 Å². The summed E-state index contributed by atoms with van der Waals surface area (Å²) in [4.78, 5) is 38.3. The van der Waals surface area contributed by atoms with Crippen LogP contribution in [-0.4, -0.2) is 84.7 Å². The largest absolute Gasteiger partial charge is 0.363 e. The third-order valence-electron chi connectivity index (χ3n) is 9.09. The number of urea groups is 1. The Balaban J connectivity index is 1.28.